The second-order valence-corrected chi connectivity index (χ2v) is 3.43. The maximum atomic E-state index is 12.8. The van der Waals surface area contributed by atoms with E-state index in [1.54, 1.807) is 0 Å². The molecule has 15 heavy (non-hydrogen) atoms. The van der Waals surface area contributed by atoms with Gasteiger partial charge in [0.05, 0.1) is 6.20 Å². The summed E-state index contributed by atoms with van der Waals surface area (Å²) in [5.41, 5.74) is 1.32. The molecule has 0 radical (unpaired) electrons. The van der Waals surface area contributed by atoms with E-state index in [1.165, 1.54) is 24.0 Å². The molecule has 0 N–H and O–H groups in total. The van der Waals surface area contributed by atoms with Gasteiger partial charge in [-0.25, -0.2) is 14.4 Å². The van der Waals surface area contributed by atoms with Gasteiger partial charge in [0, 0.05) is 13.1 Å². The molecular formula is C10H14FN3S. The molecule has 2 heterocycles. The number of nitrogens with zero attached hydrogens (tertiary/aromatic N) is 3. The zero-order valence-electron chi connectivity index (χ0n) is 9.28. The zero-order chi connectivity index (χ0) is 11.4. The Hall–Kier alpha value is -1.10. The van der Waals surface area contributed by atoms with E-state index in [4.69, 9.17) is 0 Å². The predicted molar refractivity (Wildman–Crippen MR) is 61.6 cm³/mol. The molecule has 0 saturated heterocycles. The highest BCUT2D eigenvalue weighted by atomic mass is 32.2. The average Bonchev–Trinajstić information content (AvgIpc) is 2.58. The number of imidazole rings is 1. The zero-order valence-corrected chi connectivity index (χ0v) is 10.1. The molecular weight excluding hydrogens is 213 g/mol. The SMILES string of the molecule is CC.CSc1nc2cc(F)cnc2n1C. The summed E-state index contributed by atoms with van der Waals surface area (Å²) >= 11 is 1.52. The van der Waals surface area contributed by atoms with Crippen molar-refractivity contribution in [2.24, 2.45) is 7.05 Å². The second kappa shape index (κ2) is 5.11. The Morgan fingerprint density at radius 2 is 2.07 bits per heavy atom. The molecule has 2 aromatic rings. The molecule has 0 amide bonds. The number of fused-ring (bicyclic) bond motifs is 1. The number of thioether (sulfide) groups is 1. The van der Waals surface area contributed by atoms with Crippen molar-refractivity contribution in [3.63, 3.8) is 0 Å². The Bertz CT molecular complexity index is 453. The van der Waals surface area contributed by atoms with Crippen molar-refractivity contribution < 1.29 is 4.39 Å². The lowest BCUT2D eigenvalue weighted by Crippen LogP contribution is -1.91. The van der Waals surface area contributed by atoms with Crippen molar-refractivity contribution in [1.82, 2.24) is 14.5 Å². The van der Waals surface area contributed by atoms with Crippen LogP contribution in [0.15, 0.2) is 17.4 Å². The van der Waals surface area contributed by atoms with Crippen LogP contribution in [-0.4, -0.2) is 20.8 Å². The van der Waals surface area contributed by atoms with Gasteiger partial charge in [-0.1, -0.05) is 25.6 Å². The second-order valence-electron chi connectivity index (χ2n) is 2.65. The van der Waals surface area contributed by atoms with Crippen LogP contribution in [0.2, 0.25) is 0 Å². The van der Waals surface area contributed by atoms with Crippen molar-refractivity contribution in [1.29, 1.82) is 0 Å². The smallest absolute Gasteiger partial charge is 0.169 e. The Labute approximate surface area is 92.7 Å². The number of pyridine rings is 1. The van der Waals surface area contributed by atoms with Crippen molar-refractivity contribution in [3.8, 4) is 0 Å². The fraction of sp³-hybridized carbons (Fsp3) is 0.400. The van der Waals surface area contributed by atoms with Crippen molar-refractivity contribution in [2.75, 3.05) is 6.26 Å². The third-order valence-corrected chi connectivity index (χ3v) is 2.55. The van der Waals surface area contributed by atoms with Crippen molar-refractivity contribution >= 4 is 22.9 Å². The van der Waals surface area contributed by atoms with Crippen LogP contribution >= 0.6 is 11.8 Å². The molecule has 0 aliphatic carbocycles. The van der Waals surface area contributed by atoms with Gasteiger partial charge in [-0.2, -0.15) is 0 Å². The van der Waals surface area contributed by atoms with E-state index >= 15 is 0 Å². The molecule has 82 valence electrons. The van der Waals surface area contributed by atoms with E-state index in [-0.39, 0.29) is 5.82 Å². The number of halogens is 1. The first-order valence-corrected chi connectivity index (χ1v) is 5.97. The van der Waals surface area contributed by atoms with Gasteiger partial charge in [-0.3, -0.25) is 0 Å². The first-order chi connectivity index (χ1) is 7.22. The maximum Gasteiger partial charge on any atom is 0.169 e. The number of hydrogen-bond donors (Lipinski definition) is 0. The normalized spacial score (nSPS) is 9.93. The Balaban J connectivity index is 0.000000531. The van der Waals surface area contributed by atoms with E-state index in [0.29, 0.717) is 11.2 Å². The molecule has 0 spiro atoms. The average molecular weight is 227 g/mol. The summed E-state index contributed by atoms with van der Waals surface area (Å²) in [7, 11) is 1.87. The summed E-state index contributed by atoms with van der Waals surface area (Å²) < 4.78 is 14.6. The van der Waals surface area contributed by atoms with Gasteiger partial charge in [-0.15, -0.1) is 0 Å². The number of rotatable bonds is 1. The Morgan fingerprint density at radius 3 is 2.67 bits per heavy atom. The van der Waals surface area contributed by atoms with Crippen LogP contribution in [-0.2, 0) is 7.05 Å². The van der Waals surface area contributed by atoms with E-state index in [0.717, 1.165) is 5.16 Å². The molecule has 0 atom stereocenters. The van der Waals surface area contributed by atoms with Crippen LogP contribution in [0, 0.1) is 5.82 Å². The van der Waals surface area contributed by atoms with Crippen LogP contribution in [0.3, 0.4) is 0 Å². The van der Waals surface area contributed by atoms with E-state index < -0.39 is 0 Å². The Morgan fingerprint density at radius 1 is 1.40 bits per heavy atom. The monoisotopic (exact) mass is 227 g/mol. The lowest BCUT2D eigenvalue weighted by atomic mass is 10.4. The molecule has 0 bridgehead atoms. The number of aryl methyl sites for hydroxylation is 1. The fourth-order valence-electron chi connectivity index (χ4n) is 1.21. The summed E-state index contributed by atoms with van der Waals surface area (Å²) in [6, 6.07) is 1.39. The highest BCUT2D eigenvalue weighted by Crippen LogP contribution is 2.19. The van der Waals surface area contributed by atoms with Crippen LogP contribution in [0.25, 0.3) is 11.2 Å². The highest BCUT2D eigenvalue weighted by molar-refractivity contribution is 7.98. The summed E-state index contributed by atoms with van der Waals surface area (Å²) in [6.07, 6.45) is 3.13. The standard InChI is InChI=1S/C8H8FN3S.C2H6/c1-12-7-6(11-8(12)13-2)3-5(9)4-10-7;1-2/h3-4H,1-2H3;1-2H3. The largest absolute Gasteiger partial charge is 0.307 e. The first kappa shape index (κ1) is 12.0. The molecule has 2 aromatic heterocycles. The molecule has 2 rings (SSSR count). The van der Waals surface area contributed by atoms with Gasteiger partial charge in [0.25, 0.3) is 0 Å². The fourth-order valence-corrected chi connectivity index (χ4v) is 1.76. The minimum Gasteiger partial charge on any atom is -0.307 e. The summed E-state index contributed by atoms with van der Waals surface area (Å²) in [4.78, 5) is 8.18. The summed E-state index contributed by atoms with van der Waals surface area (Å²) in [6.45, 7) is 4.00. The van der Waals surface area contributed by atoms with Gasteiger partial charge in [0.2, 0.25) is 0 Å². The topological polar surface area (TPSA) is 30.7 Å². The first-order valence-electron chi connectivity index (χ1n) is 4.74. The summed E-state index contributed by atoms with van der Waals surface area (Å²) in [5.74, 6) is -0.349. The Kier molecular flexibility index (Phi) is 4.08. The molecule has 5 heteroatoms. The van der Waals surface area contributed by atoms with Gasteiger partial charge in [0.1, 0.15) is 11.3 Å². The van der Waals surface area contributed by atoms with E-state index in [1.807, 2.05) is 31.7 Å². The van der Waals surface area contributed by atoms with E-state index in [9.17, 15) is 4.39 Å². The number of aromatic nitrogens is 3. The predicted octanol–water partition coefficient (Wildman–Crippen LogP) is 2.86. The molecule has 0 unspecified atom stereocenters. The lowest BCUT2D eigenvalue weighted by Gasteiger charge is -1.95. The van der Waals surface area contributed by atoms with Gasteiger partial charge >= 0.3 is 0 Å². The van der Waals surface area contributed by atoms with Crippen LogP contribution < -0.4 is 0 Å². The molecule has 0 aliphatic heterocycles. The van der Waals surface area contributed by atoms with Crippen molar-refractivity contribution in [3.05, 3.63) is 18.1 Å². The summed E-state index contributed by atoms with van der Waals surface area (Å²) in [5, 5.41) is 0.841. The molecule has 0 aromatic carbocycles. The number of hydrogen-bond acceptors (Lipinski definition) is 3. The van der Waals surface area contributed by atoms with E-state index in [2.05, 4.69) is 9.97 Å². The quantitative estimate of drug-likeness (QED) is 0.702. The van der Waals surface area contributed by atoms with Crippen LogP contribution in [0.1, 0.15) is 13.8 Å². The third kappa shape index (κ3) is 2.28. The van der Waals surface area contributed by atoms with Crippen LogP contribution in [0.4, 0.5) is 4.39 Å². The minimum atomic E-state index is -0.349. The maximum absolute atomic E-state index is 12.8. The van der Waals surface area contributed by atoms with Gasteiger partial charge in [0.15, 0.2) is 10.8 Å². The third-order valence-electron chi connectivity index (χ3n) is 1.82. The minimum absolute atomic E-state index is 0.349. The van der Waals surface area contributed by atoms with Crippen molar-refractivity contribution in [2.45, 2.75) is 19.0 Å². The molecule has 0 aliphatic rings. The molecule has 3 nitrogen and oxygen atoms in total. The lowest BCUT2D eigenvalue weighted by molar-refractivity contribution is 0.623. The van der Waals surface area contributed by atoms with Gasteiger partial charge < -0.3 is 4.57 Å². The molecule has 0 saturated carbocycles. The highest BCUT2D eigenvalue weighted by Gasteiger charge is 2.07. The van der Waals surface area contributed by atoms with Gasteiger partial charge in [-0.05, 0) is 6.26 Å². The van der Waals surface area contributed by atoms with Crippen LogP contribution in [0.5, 0.6) is 0 Å². The molecule has 0 fully saturated rings.